The fourth-order valence-electron chi connectivity index (χ4n) is 1.51. The smallest absolute Gasteiger partial charge is 0.213 e. The van der Waals surface area contributed by atoms with Crippen molar-refractivity contribution in [3.8, 4) is 0 Å². The first-order chi connectivity index (χ1) is 8.04. The van der Waals surface area contributed by atoms with Gasteiger partial charge in [0, 0.05) is 24.7 Å². The lowest BCUT2D eigenvalue weighted by molar-refractivity contribution is -0.107. The number of Topliss-reactive ketones (excluding diaryl/α,β-unsaturated/α-hetero) is 1. The van der Waals surface area contributed by atoms with Crippen molar-refractivity contribution >= 4 is 17.9 Å². The third-order valence-electron chi connectivity index (χ3n) is 2.70. The molecule has 1 amide bonds. The third kappa shape index (κ3) is 4.02. The van der Waals surface area contributed by atoms with Crippen LogP contribution in [-0.4, -0.2) is 19.2 Å². The number of hydrogen-bond acceptors (Lipinski definition) is 2. The molecule has 0 aliphatic carbocycles. The maximum Gasteiger partial charge on any atom is 0.213 e. The molecule has 1 rings (SSSR count). The van der Waals surface area contributed by atoms with E-state index in [0.29, 0.717) is 17.9 Å². The van der Waals surface area contributed by atoms with Gasteiger partial charge in [0.15, 0.2) is 5.78 Å². The van der Waals surface area contributed by atoms with Gasteiger partial charge in [-0.05, 0) is 36.6 Å². The van der Waals surface area contributed by atoms with Crippen molar-refractivity contribution in [2.75, 3.05) is 11.9 Å². The number of anilines is 1. The molecule has 0 N–H and O–H groups in total. The van der Waals surface area contributed by atoms with Crippen molar-refractivity contribution in [2.45, 2.75) is 26.7 Å². The summed E-state index contributed by atoms with van der Waals surface area (Å²) in [6, 6.07) is 7.13. The normalized spacial score (nSPS) is 10.4. The molecule has 0 aliphatic heterocycles. The summed E-state index contributed by atoms with van der Waals surface area (Å²) in [5.41, 5.74) is 1.51. The molecule has 0 saturated carbocycles. The Kier molecular flexibility index (Phi) is 4.88. The highest BCUT2D eigenvalue weighted by Gasteiger charge is 2.07. The van der Waals surface area contributed by atoms with Gasteiger partial charge in [-0.25, -0.2) is 0 Å². The van der Waals surface area contributed by atoms with Crippen molar-refractivity contribution in [3.05, 3.63) is 29.8 Å². The molecule has 92 valence electrons. The molecule has 0 radical (unpaired) electrons. The lowest BCUT2D eigenvalue weighted by Gasteiger charge is -2.11. The second-order valence-corrected chi connectivity index (χ2v) is 4.62. The second kappa shape index (κ2) is 6.18. The molecule has 0 spiro atoms. The summed E-state index contributed by atoms with van der Waals surface area (Å²) < 4.78 is 0. The summed E-state index contributed by atoms with van der Waals surface area (Å²) >= 11 is 0. The lowest BCUT2D eigenvalue weighted by atomic mass is 10.0. The fourth-order valence-corrected chi connectivity index (χ4v) is 1.51. The molecule has 0 saturated heterocycles. The van der Waals surface area contributed by atoms with Crippen LogP contribution in [0.25, 0.3) is 0 Å². The zero-order chi connectivity index (χ0) is 12.8. The Balaban J connectivity index is 2.67. The van der Waals surface area contributed by atoms with E-state index in [-0.39, 0.29) is 5.78 Å². The maximum atomic E-state index is 11.8. The van der Waals surface area contributed by atoms with Gasteiger partial charge < -0.3 is 4.90 Å². The summed E-state index contributed by atoms with van der Waals surface area (Å²) in [5, 5.41) is 0. The fraction of sp³-hybridized carbons (Fsp3) is 0.429. The van der Waals surface area contributed by atoms with E-state index in [4.69, 9.17) is 0 Å². The largest absolute Gasteiger partial charge is 0.318 e. The van der Waals surface area contributed by atoms with Crippen LogP contribution in [0.4, 0.5) is 5.69 Å². The van der Waals surface area contributed by atoms with Crippen LogP contribution >= 0.6 is 0 Å². The molecule has 0 fully saturated rings. The van der Waals surface area contributed by atoms with Crippen molar-refractivity contribution in [3.63, 3.8) is 0 Å². The number of benzene rings is 1. The van der Waals surface area contributed by atoms with Crippen LogP contribution in [0.2, 0.25) is 0 Å². The highest BCUT2D eigenvalue weighted by Crippen LogP contribution is 2.15. The number of carbonyl (C=O) groups is 2. The predicted molar refractivity (Wildman–Crippen MR) is 69.3 cm³/mol. The number of nitrogens with zero attached hydrogens (tertiary/aromatic N) is 1. The van der Waals surface area contributed by atoms with E-state index in [1.807, 2.05) is 0 Å². The van der Waals surface area contributed by atoms with Crippen LogP contribution in [0, 0.1) is 5.92 Å². The Bertz CT molecular complexity index is 382. The van der Waals surface area contributed by atoms with Crippen LogP contribution < -0.4 is 4.90 Å². The van der Waals surface area contributed by atoms with Gasteiger partial charge in [0.25, 0.3) is 0 Å². The van der Waals surface area contributed by atoms with Crippen LogP contribution in [0.5, 0.6) is 0 Å². The molecule has 0 unspecified atom stereocenters. The Morgan fingerprint density at radius 1 is 1.29 bits per heavy atom. The average Bonchev–Trinajstić information content (AvgIpc) is 2.35. The zero-order valence-electron chi connectivity index (χ0n) is 10.6. The molecule has 0 aliphatic rings. The number of carbonyl (C=O) groups excluding carboxylic acids is 2. The quantitative estimate of drug-likeness (QED) is 0.559. The van der Waals surface area contributed by atoms with Crippen molar-refractivity contribution in [2.24, 2.45) is 5.92 Å². The molecule has 17 heavy (non-hydrogen) atoms. The Hall–Kier alpha value is -1.64. The zero-order valence-corrected chi connectivity index (χ0v) is 10.6. The summed E-state index contributed by atoms with van der Waals surface area (Å²) in [7, 11) is 1.68. The van der Waals surface area contributed by atoms with Gasteiger partial charge in [-0.1, -0.05) is 13.8 Å². The van der Waals surface area contributed by atoms with Crippen molar-refractivity contribution in [1.29, 1.82) is 0 Å². The van der Waals surface area contributed by atoms with Gasteiger partial charge in [0.2, 0.25) is 6.41 Å². The Labute approximate surface area is 102 Å². The summed E-state index contributed by atoms with van der Waals surface area (Å²) in [4.78, 5) is 23.9. The highest BCUT2D eigenvalue weighted by atomic mass is 16.1. The van der Waals surface area contributed by atoms with E-state index in [1.165, 1.54) is 4.90 Å². The molecule has 0 atom stereocenters. The molecule has 3 heteroatoms. The van der Waals surface area contributed by atoms with Gasteiger partial charge in [-0.2, -0.15) is 0 Å². The van der Waals surface area contributed by atoms with Gasteiger partial charge in [0.05, 0.1) is 0 Å². The molecule has 0 heterocycles. The summed E-state index contributed by atoms with van der Waals surface area (Å²) in [6.45, 7) is 4.21. The van der Waals surface area contributed by atoms with Gasteiger partial charge in [-0.3, -0.25) is 9.59 Å². The lowest BCUT2D eigenvalue weighted by Crippen LogP contribution is -2.13. The molecule has 1 aromatic carbocycles. The van der Waals surface area contributed by atoms with Crippen LogP contribution in [0.1, 0.15) is 37.0 Å². The molecular weight excluding hydrogens is 214 g/mol. The third-order valence-corrected chi connectivity index (χ3v) is 2.70. The first-order valence-corrected chi connectivity index (χ1v) is 5.86. The monoisotopic (exact) mass is 233 g/mol. The number of ketones is 1. The number of hydrogen-bond donors (Lipinski definition) is 0. The average molecular weight is 233 g/mol. The van der Waals surface area contributed by atoms with Crippen molar-refractivity contribution in [1.82, 2.24) is 0 Å². The van der Waals surface area contributed by atoms with Gasteiger partial charge >= 0.3 is 0 Å². The van der Waals surface area contributed by atoms with Crippen LogP contribution in [-0.2, 0) is 4.79 Å². The minimum absolute atomic E-state index is 0.166. The molecular formula is C14H19NO2. The van der Waals surface area contributed by atoms with Crippen LogP contribution in [0.15, 0.2) is 24.3 Å². The molecule has 0 aromatic heterocycles. The minimum Gasteiger partial charge on any atom is -0.318 e. The van der Waals surface area contributed by atoms with Gasteiger partial charge in [-0.15, -0.1) is 0 Å². The highest BCUT2D eigenvalue weighted by molar-refractivity contribution is 5.96. The van der Waals surface area contributed by atoms with E-state index in [1.54, 1.807) is 31.3 Å². The predicted octanol–water partition coefficient (Wildman–Crippen LogP) is 2.90. The Morgan fingerprint density at radius 3 is 2.35 bits per heavy atom. The summed E-state index contributed by atoms with van der Waals surface area (Å²) in [5.74, 6) is 0.707. The van der Waals surface area contributed by atoms with E-state index in [9.17, 15) is 9.59 Å². The number of amides is 1. The molecule has 0 bridgehead atoms. The number of rotatable bonds is 6. The minimum atomic E-state index is 0.166. The van der Waals surface area contributed by atoms with Gasteiger partial charge in [0.1, 0.15) is 0 Å². The van der Waals surface area contributed by atoms with Crippen LogP contribution in [0.3, 0.4) is 0 Å². The standard InChI is InChI=1S/C14H19NO2/c1-11(2)4-9-14(17)12-5-7-13(8-6-12)15(3)10-16/h5-8,10-11H,4,9H2,1-3H3. The topological polar surface area (TPSA) is 37.4 Å². The van der Waals surface area contributed by atoms with Crippen molar-refractivity contribution < 1.29 is 9.59 Å². The van der Waals surface area contributed by atoms with E-state index in [2.05, 4.69) is 13.8 Å². The molecule has 3 nitrogen and oxygen atoms in total. The first-order valence-electron chi connectivity index (χ1n) is 5.86. The van der Waals surface area contributed by atoms with E-state index < -0.39 is 0 Å². The van der Waals surface area contributed by atoms with E-state index >= 15 is 0 Å². The maximum absolute atomic E-state index is 11.8. The second-order valence-electron chi connectivity index (χ2n) is 4.62. The van der Waals surface area contributed by atoms with E-state index in [0.717, 1.165) is 18.5 Å². The first kappa shape index (κ1) is 13.4. The summed E-state index contributed by atoms with van der Waals surface area (Å²) in [6.07, 6.45) is 2.24. The Morgan fingerprint density at radius 2 is 1.88 bits per heavy atom. The molecule has 1 aromatic rings. The SMILES string of the molecule is CC(C)CCC(=O)c1ccc(N(C)C=O)cc1.